The number of piperidine rings is 2. The molecule has 2 saturated heterocycles. The summed E-state index contributed by atoms with van der Waals surface area (Å²) in [4.78, 5) is 24.5. The number of nitrogens with two attached hydrogens (primary N) is 1. The van der Waals surface area contributed by atoms with Gasteiger partial charge in [-0.25, -0.2) is 9.97 Å². The number of amides is 1. The lowest BCUT2D eigenvalue weighted by Gasteiger charge is -2.39. The molecule has 0 spiro atoms. The van der Waals surface area contributed by atoms with Gasteiger partial charge in [-0.2, -0.15) is 0 Å². The van der Waals surface area contributed by atoms with Crippen LogP contribution in [0.5, 0.6) is 0 Å². The van der Waals surface area contributed by atoms with E-state index in [0.717, 1.165) is 68.6 Å². The summed E-state index contributed by atoms with van der Waals surface area (Å²) in [6.45, 7) is 3.05. The fraction of sp³-hybridized carbons (Fsp3) is 0.550. The van der Waals surface area contributed by atoms with Gasteiger partial charge in [0.1, 0.15) is 0 Å². The standard InChI is InChI=1S/C20H27N5O2/c21-17-5-3-9-25(14-26)19(17)13-27-16-7-10-24(11-8-16)20-22-12-15-4-1-2-6-18(15)23-20/h1-2,4,6,12,14,16-17,19H,3,5,7-11,13,21H2/t17?,19-/m0/s1. The molecule has 2 fully saturated rings. The minimum atomic E-state index is -0.00176. The van der Waals surface area contributed by atoms with Crippen LogP contribution < -0.4 is 10.6 Å². The quantitative estimate of drug-likeness (QED) is 0.805. The van der Waals surface area contributed by atoms with Gasteiger partial charge in [-0.3, -0.25) is 4.79 Å². The van der Waals surface area contributed by atoms with Crippen molar-refractivity contribution in [2.45, 2.75) is 43.9 Å². The van der Waals surface area contributed by atoms with Gasteiger partial charge < -0.3 is 20.3 Å². The third-order valence-electron chi connectivity index (χ3n) is 5.71. The van der Waals surface area contributed by atoms with E-state index >= 15 is 0 Å². The Morgan fingerprint density at radius 3 is 2.81 bits per heavy atom. The van der Waals surface area contributed by atoms with Crippen LogP contribution >= 0.6 is 0 Å². The zero-order valence-electron chi connectivity index (χ0n) is 15.5. The number of likely N-dealkylation sites (tertiary alicyclic amines) is 1. The van der Waals surface area contributed by atoms with Crippen molar-refractivity contribution in [1.29, 1.82) is 0 Å². The van der Waals surface area contributed by atoms with Gasteiger partial charge in [0.2, 0.25) is 12.4 Å². The number of carbonyl (C=O) groups excluding carboxylic acids is 1. The lowest BCUT2D eigenvalue weighted by Crippen LogP contribution is -2.54. The van der Waals surface area contributed by atoms with E-state index in [9.17, 15) is 4.79 Å². The first kappa shape index (κ1) is 18.1. The summed E-state index contributed by atoms with van der Waals surface area (Å²) in [5.41, 5.74) is 7.17. The maximum atomic E-state index is 11.3. The van der Waals surface area contributed by atoms with Crippen LogP contribution in [0.25, 0.3) is 10.9 Å². The second-order valence-corrected chi connectivity index (χ2v) is 7.47. The molecule has 1 unspecified atom stereocenters. The van der Waals surface area contributed by atoms with Crippen LogP contribution in [-0.4, -0.2) is 65.7 Å². The molecule has 0 aliphatic carbocycles. The normalized spacial score (nSPS) is 24.3. The first-order chi connectivity index (χ1) is 13.2. The number of hydrogen-bond acceptors (Lipinski definition) is 6. The SMILES string of the molecule is NC1CCCN(C=O)[C@H]1COC1CCN(c2ncc3ccccc3n2)CC1. The highest BCUT2D eigenvalue weighted by Crippen LogP contribution is 2.22. The van der Waals surface area contributed by atoms with Gasteiger partial charge in [-0.1, -0.05) is 18.2 Å². The zero-order valence-corrected chi connectivity index (χ0v) is 15.5. The average molecular weight is 369 g/mol. The van der Waals surface area contributed by atoms with Crippen LogP contribution in [0.15, 0.2) is 30.5 Å². The second-order valence-electron chi connectivity index (χ2n) is 7.47. The van der Waals surface area contributed by atoms with Gasteiger partial charge in [0, 0.05) is 37.3 Å². The van der Waals surface area contributed by atoms with Crippen molar-refractivity contribution in [3.63, 3.8) is 0 Å². The lowest BCUT2D eigenvalue weighted by atomic mass is 9.98. The first-order valence-corrected chi connectivity index (χ1v) is 9.79. The molecule has 27 heavy (non-hydrogen) atoms. The third-order valence-corrected chi connectivity index (χ3v) is 5.71. The second kappa shape index (κ2) is 8.19. The number of anilines is 1. The highest BCUT2D eigenvalue weighted by Gasteiger charge is 2.30. The number of nitrogens with zero attached hydrogens (tertiary/aromatic N) is 4. The van der Waals surface area contributed by atoms with Crippen molar-refractivity contribution in [3.8, 4) is 0 Å². The maximum Gasteiger partial charge on any atom is 0.225 e. The molecule has 7 nitrogen and oxygen atoms in total. The summed E-state index contributed by atoms with van der Waals surface area (Å²) >= 11 is 0. The van der Waals surface area contributed by atoms with Crippen molar-refractivity contribution in [2.75, 3.05) is 31.1 Å². The van der Waals surface area contributed by atoms with E-state index in [4.69, 9.17) is 10.5 Å². The molecule has 0 bridgehead atoms. The van der Waals surface area contributed by atoms with Crippen LogP contribution in [0.2, 0.25) is 0 Å². The molecule has 2 aliphatic heterocycles. The van der Waals surface area contributed by atoms with Crippen molar-refractivity contribution >= 4 is 23.3 Å². The van der Waals surface area contributed by atoms with Crippen LogP contribution in [0.3, 0.4) is 0 Å². The summed E-state index contributed by atoms with van der Waals surface area (Å²) in [5, 5.41) is 1.06. The molecular formula is C20H27N5O2. The first-order valence-electron chi connectivity index (χ1n) is 9.79. The number of para-hydroxylation sites is 1. The molecule has 1 aromatic carbocycles. The van der Waals surface area contributed by atoms with E-state index in [1.807, 2.05) is 30.5 Å². The molecule has 2 N–H and O–H groups in total. The third kappa shape index (κ3) is 4.04. The monoisotopic (exact) mass is 369 g/mol. The van der Waals surface area contributed by atoms with Gasteiger partial charge in [0.15, 0.2) is 0 Å². The Morgan fingerprint density at radius 1 is 1.19 bits per heavy atom. The van der Waals surface area contributed by atoms with E-state index in [2.05, 4.69) is 14.9 Å². The minimum absolute atomic E-state index is 0.00176. The number of ether oxygens (including phenoxy) is 1. The highest BCUT2D eigenvalue weighted by atomic mass is 16.5. The molecule has 0 saturated carbocycles. The fourth-order valence-corrected chi connectivity index (χ4v) is 4.04. The van der Waals surface area contributed by atoms with E-state index in [-0.39, 0.29) is 18.2 Å². The molecular weight excluding hydrogens is 342 g/mol. The maximum absolute atomic E-state index is 11.3. The van der Waals surface area contributed by atoms with Crippen LogP contribution in [-0.2, 0) is 9.53 Å². The largest absolute Gasteiger partial charge is 0.376 e. The molecule has 2 aromatic rings. The molecule has 0 radical (unpaired) electrons. The molecule has 1 aromatic heterocycles. The molecule has 144 valence electrons. The molecule has 2 aliphatic rings. The van der Waals surface area contributed by atoms with Crippen molar-refractivity contribution in [3.05, 3.63) is 30.5 Å². The number of carbonyl (C=O) groups is 1. The molecule has 7 heteroatoms. The fourth-order valence-electron chi connectivity index (χ4n) is 4.04. The number of fused-ring (bicyclic) bond motifs is 1. The predicted octanol–water partition coefficient (Wildman–Crippen LogP) is 1.56. The number of benzene rings is 1. The summed E-state index contributed by atoms with van der Waals surface area (Å²) in [6.07, 6.45) is 6.78. The molecule has 2 atom stereocenters. The minimum Gasteiger partial charge on any atom is -0.376 e. The number of hydrogen-bond donors (Lipinski definition) is 1. The molecule has 4 rings (SSSR count). The van der Waals surface area contributed by atoms with E-state index in [0.29, 0.717) is 6.61 Å². The van der Waals surface area contributed by atoms with Gasteiger partial charge in [-0.15, -0.1) is 0 Å². The smallest absolute Gasteiger partial charge is 0.225 e. The van der Waals surface area contributed by atoms with E-state index in [1.54, 1.807) is 4.90 Å². The summed E-state index contributed by atoms with van der Waals surface area (Å²) < 4.78 is 6.13. The Balaban J connectivity index is 1.31. The van der Waals surface area contributed by atoms with Gasteiger partial charge >= 0.3 is 0 Å². The highest BCUT2D eigenvalue weighted by molar-refractivity contribution is 5.78. The van der Waals surface area contributed by atoms with Crippen LogP contribution in [0.1, 0.15) is 25.7 Å². The predicted molar refractivity (Wildman–Crippen MR) is 104 cm³/mol. The van der Waals surface area contributed by atoms with Crippen LogP contribution in [0.4, 0.5) is 5.95 Å². The number of rotatable bonds is 5. The molecule has 3 heterocycles. The Bertz CT molecular complexity index is 778. The summed E-state index contributed by atoms with van der Waals surface area (Å²) in [7, 11) is 0. The topological polar surface area (TPSA) is 84.6 Å². The zero-order chi connectivity index (χ0) is 18.6. The van der Waals surface area contributed by atoms with Gasteiger partial charge in [0.25, 0.3) is 0 Å². The van der Waals surface area contributed by atoms with E-state index < -0.39 is 0 Å². The average Bonchev–Trinajstić information content (AvgIpc) is 2.72. The van der Waals surface area contributed by atoms with Crippen molar-refractivity contribution in [2.24, 2.45) is 5.73 Å². The van der Waals surface area contributed by atoms with Crippen molar-refractivity contribution in [1.82, 2.24) is 14.9 Å². The van der Waals surface area contributed by atoms with Crippen LogP contribution in [0, 0.1) is 0 Å². The van der Waals surface area contributed by atoms with Gasteiger partial charge in [-0.05, 0) is 31.7 Å². The van der Waals surface area contributed by atoms with Crippen molar-refractivity contribution < 1.29 is 9.53 Å². The van der Waals surface area contributed by atoms with E-state index in [1.165, 1.54) is 0 Å². The Morgan fingerprint density at radius 2 is 2.00 bits per heavy atom. The molecule has 1 amide bonds. The Hall–Kier alpha value is -2.25. The number of aromatic nitrogens is 2. The summed E-state index contributed by atoms with van der Waals surface area (Å²) in [6, 6.07) is 8.05. The Labute approximate surface area is 159 Å². The Kier molecular flexibility index (Phi) is 5.50. The lowest BCUT2D eigenvalue weighted by molar-refractivity contribution is -0.124. The summed E-state index contributed by atoms with van der Waals surface area (Å²) in [5.74, 6) is 0.786. The van der Waals surface area contributed by atoms with Gasteiger partial charge in [0.05, 0.1) is 24.3 Å².